The maximum absolute atomic E-state index is 4.78. The third-order valence-electron chi connectivity index (χ3n) is 3.95. The quantitative estimate of drug-likeness (QED) is 0.744. The van der Waals surface area contributed by atoms with E-state index in [4.69, 9.17) is 9.97 Å². The first-order chi connectivity index (χ1) is 10.1. The molecule has 0 atom stereocenters. The summed E-state index contributed by atoms with van der Waals surface area (Å²) in [5.74, 6) is 0. The van der Waals surface area contributed by atoms with Crippen molar-refractivity contribution in [3.8, 4) is 0 Å². The maximum atomic E-state index is 4.78. The summed E-state index contributed by atoms with van der Waals surface area (Å²) in [5.41, 5.74) is 7.18. The van der Waals surface area contributed by atoms with Crippen LogP contribution in [-0.2, 0) is 0 Å². The molecule has 0 aliphatic carbocycles. The van der Waals surface area contributed by atoms with E-state index in [0.29, 0.717) is 0 Å². The number of anilines is 2. The largest absolute Gasteiger partial charge is 0.388 e. The molecule has 4 nitrogen and oxygen atoms in total. The van der Waals surface area contributed by atoms with Crippen molar-refractivity contribution in [3.63, 3.8) is 0 Å². The lowest BCUT2D eigenvalue weighted by atomic mass is 10.1. The molecule has 4 heteroatoms. The predicted molar refractivity (Wildman–Crippen MR) is 90.3 cm³/mol. The smallest absolute Gasteiger partial charge is 0.0915 e. The van der Waals surface area contributed by atoms with Crippen LogP contribution in [0.4, 0.5) is 11.4 Å². The van der Waals surface area contributed by atoms with Gasteiger partial charge in [-0.3, -0.25) is 0 Å². The zero-order chi connectivity index (χ0) is 15.0. The molecule has 0 aliphatic heterocycles. The van der Waals surface area contributed by atoms with Crippen LogP contribution in [0.15, 0.2) is 30.3 Å². The Hall–Kier alpha value is -2.36. The number of aromatic nitrogens is 2. The Bertz CT molecular complexity index is 811. The Morgan fingerprint density at radius 3 is 2.38 bits per heavy atom. The number of aryl methyl sites for hydroxylation is 1. The van der Waals surface area contributed by atoms with E-state index in [1.165, 1.54) is 11.3 Å². The number of fused-ring (bicyclic) bond motifs is 2. The maximum Gasteiger partial charge on any atom is 0.0915 e. The fraction of sp³-hybridized carbons (Fsp3) is 0.294. The second kappa shape index (κ2) is 5.20. The van der Waals surface area contributed by atoms with Gasteiger partial charge in [-0.05, 0) is 49.7 Å². The Kier molecular flexibility index (Phi) is 3.37. The lowest BCUT2D eigenvalue weighted by Gasteiger charge is -2.17. The van der Waals surface area contributed by atoms with Gasteiger partial charge in [0.2, 0.25) is 0 Å². The molecule has 21 heavy (non-hydrogen) atoms. The van der Waals surface area contributed by atoms with Crippen molar-refractivity contribution in [2.75, 3.05) is 30.9 Å². The topological polar surface area (TPSA) is 41.1 Å². The summed E-state index contributed by atoms with van der Waals surface area (Å²) in [5, 5.41) is 3.20. The van der Waals surface area contributed by atoms with E-state index in [-0.39, 0.29) is 0 Å². The second-order valence-corrected chi connectivity index (χ2v) is 5.32. The minimum Gasteiger partial charge on any atom is -0.388 e. The SMILES string of the molecule is CCN(C)c1ccc2nc3cc(C)c(NC)cc3nc2c1. The van der Waals surface area contributed by atoms with Crippen molar-refractivity contribution in [3.05, 3.63) is 35.9 Å². The molecule has 0 saturated carbocycles. The number of rotatable bonds is 3. The molecule has 0 saturated heterocycles. The molecular weight excluding hydrogens is 260 g/mol. The zero-order valence-corrected chi connectivity index (χ0v) is 12.9. The highest BCUT2D eigenvalue weighted by Crippen LogP contribution is 2.25. The molecule has 0 amide bonds. The van der Waals surface area contributed by atoms with Gasteiger partial charge in [-0.2, -0.15) is 0 Å². The lowest BCUT2D eigenvalue weighted by molar-refractivity contribution is 0.969. The van der Waals surface area contributed by atoms with Crippen molar-refractivity contribution in [2.24, 2.45) is 0 Å². The summed E-state index contributed by atoms with van der Waals surface area (Å²) >= 11 is 0. The van der Waals surface area contributed by atoms with Crippen LogP contribution in [0.25, 0.3) is 22.1 Å². The number of nitrogens with one attached hydrogen (secondary N) is 1. The van der Waals surface area contributed by atoms with Gasteiger partial charge in [0, 0.05) is 32.0 Å². The fourth-order valence-electron chi connectivity index (χ4n) is 2.51. The number of hydrogen-bond donors (Lipinski definition) is 1. The lowest BCUT2D eigenvalue weighted by Crippen LogP contribution is -2.15. The first-order valence-electron chi connectivity index (χ1n) is 7.23. The molecule has 1 N–H and O–H groups in total. The van der Waals surface area contributed by atoms with Crippen molar-refractivity contribution < 1.29 is 0 Å². The Balaban J connectivity index is 2.23. The van der Waals surface area contributed by atoms with Crippen LogP contribution in [0.1, 0.15) is 12.5 Å². The standard InChI is InChI=1S/C17H20N4/c1-5-21(4)12-6-7-13-16(9-12)20-17-10-14(18-3)11(2)8-15(17)19-13/h6-10,18H,5H2,1-4H3. The van der Waals surface area contributed by atoms with Crippen LogP contribution < -0.4 is 10.2 Å². The van der Waals surface area contributed by atoms with E-state index in [1.54, 1.807) is 0 Å². The summed E-state index contributed by atoms with van der Waals surface area (Å²) in [6.45, 7) is 5.18. The monoisotopic (exact) mass is 280 g/mol. The van der Waals surface area contributed by atoms with Gasteiger partial charge in [0.25, 0.3) is 0 Å². The molecule has 3 aromatic rings. The summed E-state index contributed by atoms with van der Waals surface area (Å²) in [7, 11) is 4.01. The van der Waals surface area contributed by atoms with Crippen LogP contribution in [0.3, 0.4) is 0 Å². The van der Waals surface area contributed by atoms with Gasteiger partial charge in [-0.1, -0.05) is 0 Å². The van der Waals surface area contributed by atoms with Gasteiger partial charge >= 0.3 is 0 Å². The molecule has 0 bridgehead atoms. The third-order valence-corrected chi connectivity index (χ3v) is 3.95. The molecular formula is C17H20N4. The molecule has 0 radical (unpaired) electrons. The molecule has 108 valence electrons. The van der Waals surface area contributed by atoms with E-state index < -0.39 is 0 Å². The molecule has 1 aromatic heterocycles. The zero-order valence-electron chi connectivity index (χ0n) is 12.9. The summed E-state index contributed by atoms with van der Waals surface area (Å²) < 4.78 is 0. The Morgan fingerprint density at radius 2 is 1.67 bits per heavy atom. The van der Waals surface area contributed by atoms with Crippen molar-refractivity contribution in [1.29, 1.82) is 0 Å². The van der Waals surface area contributed by atoms with Crippen LogP contribution in [0.5, 0.6) is 0 Å². The van der Waals surface area contributed by atoms with E-state index in [1.807, 2.05) is 13.1 Å². The van der Waals surface area contributed by atoms with Gasteiger partial charge in [0.15, 0.2) is 0 Å². The van der Waals surface area contributed by atoms with E-state index in [9.17, 15) is 0 Å². The summed E-state index contributed by atoms with van der Waals surface area (Å²) in [6, 6.07) is 10.4. The van der Waals surface area contributed by atoms with Crippen LogP contribution >= 0.6 is 0 Å². The molecule has 3 rings (SSSR count). The predicted octanol–water partition coefficient (Wildman–Crippen LogP) is 3.59. The summed E-state index contributed by atoms with van der Waals surface area (Å²) in [4.78, 5) is 11.7. The van der Waals surface area contributed by atoms with Gasteiger partial charge in [0.05, 0.1) is 22.1 Å². The highest BCUT2D eigenvalue weighted by Gasteiger charge is 2.07. The Labute approximate surface area is 124 Å². The number of nitrogens with zero attached hydrogens (tertiary/aromatic N) is 3. The highest BCUT2D eigenvalue weighted by atomic mass is 15.1. The highest BCUT2D eigenvalue weighted by molar-refractivity contribution is 5.90. The van der Waals surface area contributed by atoms with E-state index in [0.717, 1.165) is 34.3 Å². The molecule has 0 aliphatic rings. The molecule has 1 heterocycles. The van der Waals surface area contributed by atoms with Crippen molar-refractivity contribution in [1.82, 2.24) is 9.97 Å². The third kappa shape index (κ3) is 2.37. The van der Waals surface area contributed by atoms with Crippen LogP contribution in [0.2, 0.25) is 0 Å². The van der Waals surface area contributed by atoms with Crippen molar-refractivity contribution in [2.45, 2.75) is 13.8 Å². The van der Waals surface area contributed by atoms with Gasteiger partial charge in [-0.25, -0.2) is 9.97 Å². The summed E-state index contributed by atoms with van der Waals surface area (Å²) in [6.07, 6.45) is 0. The van der Waals surface area contributed by atoms with Gasteiger partial charge < -0.3 is 10.2 Å². The molecule has 2 aromatic carbocycles. The Morgan fingerprint density at radius 1 is 1.00 bits per heavy atom. The van der Waals surface area contributed by atoms with E-state index in [2.05, 4.69) is 55.4 Å². The van der Waals surface area contributed by atoms with Gasteiger partial charge in [0.1, 0.15) is 0 Å². The normalized spacial score (nSPS) is 11.0. The minimum atomic E-state index is 0.925. The number of benzene rings is 2. The molecule has 0 spiro atoms. The average Bonchev–Trinajstić information content (AvgIpc) is 2.51. The molecule has 0 unspecified atom stereocenters. The average molecular weight is 280 g/mol. The first kappa shape index (κ1) is 13.6. The molecule has 0 fully saturated rings. The first-order valence-corrected chi connectivity index (χ1v) is 7.23. The van der Waals surface area contributed by atoms with Crippen LogP contribution in [0, 0.1) is 6.92 Å². The number of hydrogen-bond acceptors (Lipinski definition) is 4. The van der Waals surface area contributed by atoms with Crippen LogP contribution in [-0.4, -0.2) is 30.6 Å². The van der Waals surface area contributed by atoms with Gasteiger partial charge in [-0.15, -0.1) is 0 Å². The minimum absolute atomic E-state index is 0.925. The van der Waals surface area contributed by atoms with Crippen molar-refractivity contribution >= 4 is 33.4 Å². The van der Waals surface area contributed by atoms with E-state index >= 15 is 0 Å². The second-order valence-electron chi connectivity index (χ2n) is 5.32. The fourth-order valence-corrected chi connectivity index (χ4v) is 2.51.